The smallest absolute Gasteiger partial charge is 0.0346 e. The second-order valence-electron chi connectivity index (χ2n) is 5.59. The van der Waals surface area contributed by atoms with Crippen molar-refractivity contribution < 1.29 is 0 Å². The summed E-state index contributed by atoms with van der Waals surface area (Å²) in [7, 11) is 0. The lowest BCUT2D eigenvalue weighted by Crippen LogP contribution is -2.29. The van der Waals surface area contributed by atoms with Crippen molar-refractivity contribution >= 4 is 5.57 Å². The zero-order valence-electron chi connectivity index (χ0n) is 12.4. The van der Waals surface area contributed by atoms with Crippen LogP contribution < -0.4 is 0 Å². The first-order valence-electron chi connectivity index (χ1n) is 7.82. The standard InChI is InChI=1S/C19H22N2/c1-3-8-17(9-4-1)19(18-10-7-12-20-16-18)11-15-21-13-5-2-6-14-21/h1,3-4,7-12,16H,2,5-6,13-15H2/b19-11-. The molecule has 2 nitrogen and oxygen atoms in total. The van der Waals surface area contributed by atoms with Crippen LogP contribution in [0.5, 0.6) is 0 Å². The quantitative estimate of drug-likeness (QED) is 0.840. The van der Waals surface area contributed by atoms with Gasteiger partial charge in [0.15, 0.2) is 0 Å². The zero-order chi connectivity index (χ0) is 14.3. The average Bonchev–Trinajstić information content (AvgIpc) is 2.58. The Kier molecular flexibility index (Phi) is 4.80. The number of aromatic nitrogens is 1. The minimum absolute atomic E-state index is 1.03. The number of pyridine rings is 1. The van der Waals surface area contributed by atoms with Crippen LogP contribution in [0.25, 0.3) is 5.57 Å². The van der Waals surface area contributed by atoms with E-state index in [9.17, 15) is 0 Å². The van der Waals surface area contributed by atoms with Gasteiger partial charge in [-0.15, -0.1) is 0 Å². The molecule has 0 spiro atoms. The van der Waals surface area contributed by atoms with Crippen molar-refractivity contribution in [2.45, 2.75) is 19.3 Å². The lowest BCUT2D eigenvalue weighted by molar-refractivity contribution is 0.252. The van der Waals surface area contributed by atoms with E-state index < -0.39 is 0 Å². The van der Waals surface area contributed by atoms with E-state index >= 15 is 0 Å². The van der Waals surface area contributed by atoms with Crippen molar-refractivity contribution in [2.75, 3.05) is 19.6 Å². The maximum absolute atomic E-state index is 4.27. The van der Waals surface area contributed by atoms with Crippen molar-refractivity contribution in [1.29, 1.82) is 0 Å². The van der Waals surface area contributed by atoms with E-state index in [2.05, 4.69) is 52.4 Å². The summed E-state index contributed by atoms with van der Waals surface area (Å²) in [5.74, 6) is 0. The molecule has 2 aromatic rings. The third-order valence-corrected chi connectivity index (χ3v) is 4.06. The molecule has 1 aliphatic heterocycles. The van der Waals surface area contributed by atoms with Gasteiger partial charge in [-0.1, -0.05) is 48.9 Å². The molecule has 1 aliphatic rings. The highest BCUT2D eigenvalue weighted by molar-refractivity contribution is 5.79. The summed E-state index contributed by atoms with van der Waals surface area (Å²) in [4.78, 5) is 6.82. The normalized spacial score (nSPS) is 16.9. The summed E-state index contributed by atoms with van der Waals surface area (Å²) in [5, 5.41) is 0. The third-order valence-electron chi connectivity index (χ3n) is 4.06. The summed E-state index contributed by atoms with van der Waals surface area (Å²) in [6.07, 6.45) is 10.2. The zero-order valence-corrected chi connectivity index (χ0v) is 12.4. The molecule has 1 aromatic carbocycles. The third kappa shape index (κ3) is 3.79. The Balaban J connectivity index is 1.85. The van der Waals surface area contributed by atoms with Gasteiger partial charge < -0.3 is 0 Å². The number of likely N-dealkylation sites (tertiary alicyclic amines) is 1. The van der Waals surface area contributed by atoms with Gasteiger partial charge in [0.05, 0.1) is 0 Å². The van der Waals surface area contributed by atoms with E-state index in [4.69, 9.17) is 0 Å². The Bertz CT molecular complexity index is 528. The van der Waals surface area contributed by atoms with Gasteiger partial charge in [-0.3, -0.25) is 9.88 Å². The highest BCUT2D eigenvalue weighted by Gasteiger charge is 2.10. The van der Waals surface area contributed by atoms with Crippen LogP contribution in [0.3, 0.4) is 0 Å². The molecule has 0 radical (unpaired) electrons. The Hall–Kier alpha value is -1.93. The summed E-state index contributed by atoms with van der Waals surface area (Å²) in [6.45, 7) is 3.48. The van der Waals surface area contributed by atoms with Crippen LogP contribution in [0.2, 0.25) is 0 Å². The topological polar surface area (TPSA) is 16.1 Å². The molecule has 0 saturated carbocycles. The van der Waals surface area contributed by atoms with Crippen LogP contribution in [0.15, 0.2) is 60.9 Å². The maximum Gasteiger partial charge on any atom is 0.0346 e. The number of piperidine rings is 1. The predicted molar refractivity (Wildman–Crippen MR) is 88.0 cm³/mol. The van der Waals surface area contributed by atoms with Gasteiger partial charge in [-0.05, 0) is 43.1 Å². The Labute approximate surface area is 127 Å². The molecule has 2 heterocycles. The molecule has 3 rings (SSSR count). The summed E-state index contributed by atoms with van der Waals surface area (Å²) >= 11 is 0. The van der Waals surface area contributed by atoms with Gasteiger partial charge >= 0.3 is 0 Å². The number of rotatable bonds is 4. The second kappa shape index (κ2) is 7.19. The minimum Gasteiger partial charge on any atom is -0.300 e. The maximum atomic E-state index is 4.27. The molecule has 0 N–H and O–H groups in total. The van der Waals surface area contributed by atoms with Gasteiger partial charge in [0.2, 0.25) is 0 Å². The molecular formula is C19H22N2. The monoisotopic (exact) mass is 278 g/mol. The first-order chi connectivity index (χ1) is 10.4. The molecule has 2 heteroatoms. The molecule has 1 saturated heterocycles. The van der Waals surface area contributed by atoms with Crippen molar-refractivity contribution in [3.05, 3.63) is 72.1 Å². The van der Waals surface area contributed by atoms with Gasteiger partial charge in [-0.25, -0.2) is 0 Å². The van der Waals surface area contributed by atoms with Crippen LogP contribution in [0, 0.1) is 0 Å². The van der Waals surface area contributed by atoms with E-state index in [-0.39, 0.29) is 0 Å². The predicted octanol–water partition coefficient (Wildman–Crippen LogP) is 4.00. The molecule has 0 atom stereocenters. The Morgan fingerprint density at radius 2 is 1.71 bits per heavy atom. The molecule has 0 amide bonds. The summed E-state index contributed by atoms with van der Waals surface area (Å²) in [5.41, 5.74) is 3.75. The average molecular weight is 278 g/mol. The fourth-order valence-electron chi connectivity index (χ4n) is 2.90. The Morgan fingerprint density at radius 1 is 0.952 bits per heavy atom. The molecule has 108 valence electrons. The van der Waals surface area contributed by atoms with Crippen LogP contribution >= 0.6 is 0 Å². The highest BCUT2D eigenvalue weighted by Crippen LogP contribution is 2.22. The SMILES string of the molecule is C(/CN1CCCCC1)=C(\c1ccccc1)c1cccnc1. The lowest BCUT2D eigenvalue weighted by Gasteiger charge is -2.25. The molecule has 1 fully saturated rings. The van der Waals surface area contributed by atoms with Crippen molar-refractivity contribution in [2.24, 2.45) is 0 Å². The van der Waals surface area contributed by atoms with Crippen LogP contribution in [0.1, 0.15) is 30.4 Å². The largest absolute Gasteiger partial charge is 0.300 e. The first-order valence-corrected chi connectivity index (χ1v) is 7.82. The van der Waals surface area contributed by atoms with E-state index in [0.717, 1.165) is 6.54 Å². The Morgan fingerprint density at radius 3 is 2.43 bits per heavy atom. The number of hydrogen-bond acceptors (Lipinski definition) is 2. The van der Waals surface area contributed by atoms with E-state index in [1.807, 2.05) is 18.5 Å². The van der Waals surface area contributed by atoms with Crippen LogP contribution in [0.4, 0.5) is 0 Å². The van der Waals surface area contributed by atoms with Crippen LogP contribution in [-0.2, 0) is 0 Å². The van der Waals surface area contributed by atoms with Gasteiger partial charge in [-0.2, -0.15) is 0 Å². The number of hydrogen-bond donors (Lipinski definition) is 0. The first kappa shape index (κ1) is 14.0. The lowest BCUT2D eigenvalue weighted by atomic mass is 9.98. The highest BCUT2D eigenvalue weighted by atomic mass is 15.1. The molecule has 21 heavy (non-hydrogen) atoms. The summed E-state index contributed by atoms with van der Waals surface area (Å²) in [6, 6.07) is 14.8. The summed E-state index contributed by atoms with van der Waals surface area (Å²) < 4.78 is 0. The van der Waals surface area contributed by atoms with Crippen molar-refractivity contribution in [3.8, 4) is 0 Å². The molecule has 0 aliphatic carbocycles. The fraction of sp³-hybridized carbons (Fsp3) is 0.316. The van der Waals surface area contributed by atoms with Crippen molar-refractivity contribution in [1.82, 2.24) is 9.88 Å². The van der Waals surface area contributed by atoms with E-state index in [0.29, 0.717) is 0 Å². The molecular weight excluding hydrogens is 256 g/mol. The minimum atomic E-state index is 1.03. The fourth-order valence-corrected chi connectivity index (χ4v) is 2.90. The van der Waals surface area contributed by atoms with Crippen LogP contribution in [-0.4, -0.2) is 29.5 Å². The number of nitrogens with zero attached hydrogens (tertiary/aromatic N) is 2. The van der Waals surface area contributed by atoms with E-state index in [1.165, 1.54) is 49.1 Å². The number of benzene rings is 1. The molecule has 0 unspecified atom stereocenters. The van der Waals surface area contributed by atoms with Gasteiger partial charge in [0, 0.05) is 24.5 Å². The van der Waals surface area contributed by atoms with Gasteiger partial charge in [0.1, 0.15) is 0 Å². The van der Waals surface area contributed by atoms with Gasteiger partial charge in [0.25, 0.3) is 0 Å². The van der Waals surface area contributed by atoms with Crippen molar-refractivity contribution in [3.63, 3.8) is 0 Å². The van der Waals surface area contributed by atoms with E-state index in [1.54, 1.807) is 0 Å². The molecule has 1 aromatic heterocycles. The second-order valence-corrected chi connectivity index (χ2v) is 5.59. The molecule has 0 bridgehead atoms.